The molecule has 76 valence electrons. The van der Waals surface area contributed by atoms with Crippen molar-refractivity contribution in [2.45, 2.75) is 33.2 Å². The second kappa shape index (κ2) is 3.54. The summed E-state index contributed by atoms with van der Waals surface area (Å²) in [6.45, 7) is 8.50. The molecule has 0 saturated carbocycles. The predicted octanol–water partition coefficient (Wildman–Crippen LogP) is 0.853. The highest BCUT2D eigenvalue weighted by Crippen LogP contribution is 2.29. The molecule has 1 heterocycles. The van der Waals surface area contributed by atoms with E-state index in [9.17, 15) is 0 Å². The van der Waals surface area contributed by atoms with Crippen LogP contribution < -0.4 is 5.73 Å². The second-order valence-electron chi connectivity index (χ2n) is 4.59. The highest BCUT2D eigenvalue weighted by Gasteiger charge is 2.32. The van der Waals surface area contributed by atoms with E-state index in [1.807, 2.05) is 6.92 Å². The van der Waals surface area contributed by atoms with Crippen LogP contribution in [-0.2, 0) is 0 Å². The van der Waals surface area contributed by atoms with Gasteiger partial charge in [0.1, 0.15) is 0 Å². The van der Waals surface area contributed by atoms with E-state index in [1.54, 1.807) is 0 Å². The van der Waals surface area contributed by atoms with Crippen LogP contribution in [0.25, 0.3) is 0 Å². The third kappa shape index (κ3) is 2.34. The number of rotatable bonds is 2. The van der Waals surface area contributed by atoms with Gasteiger partial charge in [-0.05, 0) is 25.3 Å². The van der Waals surface area contributed by atoms with E-state index < -0.39 is 0 Å². The lowest BCUT2D eigenvalue weighted by molar-refractivity contribution is 0.260. The average Bonchev–Trinajstić information content (AvgIpc) is 2.43. The number of oxime groups is 1. The number of amidine groups is 1. The van der Waals surface area contributed by atoms with E-state index in [0.717, 1.165) is 13.1 Å². The lowest BCUT2D eigenvalue weighted by atomic mass is 9.93. The Morgan fingerprint density at radius 3 is 2.62 bits per heavy atom. The monoisotopic (exact) mass is 185 g/mol. The minimum Gasteiger partial charge on any atom is -0.409 e. The molecule has 1 saturated heterocycles. The topological polar surface area (TPSA) is 61.9 Å². The van der Waals surface area contributed by atoms with Crippen LogP contribution in [0.1, 0.15) is 27.2 Å². The fourth-order valence-electron chi connectivity index (χ4n) is 1.76. The van der Waals surface area contributed by atoms with Crippen molar-refractivity contribution in [3.05, 3.63) is 0 Å². The standard InChI is InChI=1S/C9H19N3O/c1-7(8(10)11-13)12-5-4-9(2,3)6-12/h7,13H,4-6H2,1-3H3,(H2,10,11). The molecular formula is C9H19N3O. The number of nitrogens with two attached hydrogens (primary N) is 1. The largest absolute Gasteiger partial charge is 0.409 e. The molecule has 1 atom stereocenters. The van der Waals surface area contributed by atoms with Gasteiger partial charge in [0.15, 0.2) is 5.84 Å². The molecule has 0 spiro atoms. The Hall–Kier alpha value is -0.770. The molecule has 1 aliphatic heterocycles. The number of hydrogen-bond acceptors (Lipinski definition) is 3. The second-order valence-corrected chi connectivity index (χ2v) is 4.59. The zero-order valence-corrected chi connectivity index (χ0v) is 8.62. The summed E-state index contributed by atoms with van der Waals surface area (Å²) in [5, 5.41) is 11.6. The van der Waals surface area contributed by atoms with Crippen molar-refractivity contribution in [3.8, 4) is 0 Å². The van der Waals surface area contributed by atoms with Gasteiger partial charge in [0.2, 0.25) is 0 Å². The Morgan fingerprint density at radius 1 is 1.62 bits per heavy atom. The average molecular weight is 185 g/mol. The maximum Gasteiger partial charge on any atom is 0.156 e. The zero-order valence-electron chi connectivity index (χ0n) is 8.62. The van der Waals surface area contributed by atoms with Gasteiger partial charge in [-0.25, -0.2) is 0 Å². The lowest BCUT2D eigenvalue weighted by Gasteiger charge is -2.24. The first-order chi connectivity index (χ1) is 5.96. The number of likely N-dealkylation sites (tertiary alicyclic amines) is 1. The van der Waals surface area contributed by atoms with Crippen LogP contribution in [0.2, 0.25) is 0 Å². The van der Waals surface area contributed by atoms with E-state index in [1.165, 1.54) is 6.42 Å². The molecule has 4 nitrogen and oxygen atoms in total. The molecule has 0 aliphatic carbocycles. The Kier molecular flexibility index (Phi) is 2.81. The third-order valence-electron chi connectivity index (χ3n) is 2.80. The fourth-order valence-corrected chi connectivity index (χ4v) is 1.76. The summed E-state index contributed by atoms with van der Waals surface area (Å²) in [4.78, 5) is 2.25. The summed E-state index contributed by atoms with van der Waals surface area (Å²) in [5.41, 5.74) is 5.91. The van der Waals surface area contributed by atoms with Gasteiger partial charge in [-0.1, -0.05) is 19.0 Å². The molecule has 4 heteroatoms. The quantitative estimate of drug-likeness (QED) is 0.290. The predicted molar refractivity (Wildman–Crippen MR) is 52.8 cm³/mol. The molecule has 13 heavy (non-hydrogen) atoms. The summed E-state index contributed by atoms with van der Waals surface area (Å²) < 4.78 is 0. The normalized spacial score (nSPS) is 26.2. The van der Waals surface area contributed by atoms with Crippen LogP contribution in [-0.4, -0.2) is 35.1 Å². The van der Waals surface area contributed by atoms with E-state index >= 15 is 0 Å². The smallest absolute Gasteiger partial charge is 0.156 e. The van der Waals surface area contributed by atoms with Crippen LogP contribution in [0.15, 0.2) is 5.16 Å². The van der Waals surface area contributed by atoms with Gasteiger partial charge in [0, 0.05) is 6.54 Å². The van der Waals surface area contributed by atoms with E-state index in [-0.39, 0.29) is 6.04 Å². The van der Waals surface area contributed by atoms with Gasteiger partial charge < -0.3 is 10.9 Å². The minimum absolute atomic E-state index is 0.0479. The van der Waals surface area contributed by atoms with Gasteiger partial charge in [-0.3, -0.25) is 4.90 Å². The van der Waals surface area contributed by atoms with Crippen molar-refractivity contribution in [2.24, 2.45) is 16.3 Å². The van der Waals surface area contributed by atoms with Crippen molar-refractivity contribution in [1.29, 1.82) is 0 Å². The molecule has 0 aromatic carbocycles. The first-order valence-electron chi connectivity index (χ1n) is 4.68. The van der Waals surface area contributed by atoms with Crippen LogP contribution in [0.4, 0.5) is 0 Å². The lowest BCUT2D eigenvalue weighted by Crippen LogP contribution is -2.42. The van der Waals surface area contributed by atoms with Gasteiger partial charge in [0.25, 0.3) is 0 Å². The highest BCUT2D eigenvalue weighted by molar-refractivity contribution is 5.84. The Labute approximate surface area is 79.4 Å². The molecule has 0 amide bonds. The molecule has 0 radical (unpaired) electrons. The van der Waals surface area contributed by atoms with Crippen LogP contribution in [0.3, 0.4) is 0 Å². The van der Waals surface area contributed by atoms with Crippen molar-refractivity contribution in [2.75, 3.05) is 13.1 Å². The molecule has 1 unspecified atom stereocenters. The highest BCUT2D eigenvalue weighted by atomic mass is 16.4. The van der Waals surface area contributed by atoms with Crippen LogP contribution in [0, 0.1) is 5.41 Å². The maximum absolute atomic E-state index is 8.53. The van der Waals surface area contributed by atoms with Crippen molar-refractivity contribution >= 4 is 5.84 Å². The summed E-state index contributed by atoms with van der Waals surface area (Å²) in [6, 6.07) is 0.0479. The van der Waals surface area contributed by atoms with Gasteiger partial charge in [-0.15, -0.1) is 0 Å². The van der Waals surface area contributed by atoms with Gasteiger partial charge in [0.05, 0.1) is 6.04 Å². The van der Waals surface area contributed by atoms with E-state index in [4.69, 9.17) is 10.9 Å². The van der Waals surface area contributed by atoms with E-state index in [0.29, 0.717) is 11.3 Å². The number of hydrogen-bond donors (Lipinski definition) is 2. The van der Waals surface area contributed by atoms with Crippen molar-refractivity contribution < 1.29 is 5.21 Å². The SMILES string of the molecule is CC(C(N)=NO)N1CCC(C)(C)C1. The summed E-state index contributed by atoms with van der Waals surface area (Å²) >= 11 is 0. The first-order valence-corrected chi connectivity index (χ1v) is 4.68. The molecule has 0 aromatic rings. The molecule has 0 aromatic heterocycles. The molecular weight excluding hydrogens is 166 g/mol. The Morgan fingerprint density at radius 2 is 2.23 bits per heavy atom. The number of nitrogens with zero attached hydrogens (tertiary/aromatic N) is 2. The third-order valence-corrected chi connectivity index (χ3v) is 2.80. The molecule has 3 N–H and O–H groups in total. The molecule has 0 bridgehead atoms. The fraction of sp³-hybridized carbons (Fsp3) is 0.889. The van der Waals surface area contributed by atoms with Gasteiger partial charge >= 0.3 is 0 Å². The summed E-state index contributed by atoms with van der Waals surface area (Å²) in [5.74, 6) is 0.303. The summed E-state index contributed by atoms with van der Waals surface area (Å²) in [7, 11) is 0. The van der Waals surface area contributed by atoms with Crippen LogP contribution >= 0.6 is 0 Å². The Balaban J connectivity index is 2.56. The Bertz CT molecular complexity index is 213. The first kappa shape index (κ1) is 10.3. The molecule has 1 rings (SSSR count). The molecule has 1 fully saturated rings. The molecule has 1 aliphatic rings. The van der Waals surface area contributed by atoms with Crippen LogP contribution in [0.5, 0.6) is 0 Å². The maximum atomic E-state index is 8.53. The summed E-state index contributed by atoms with van der Waals surface area (Å²) in [6.07, 6.45) is 1.18. The zero-order chi connectivity index (χ0) is 10.1. The van der Waals surface area contributed by atoms with Crippen molar-refractivity contribution in [3.63, 3.8) is 0 Å². The van der Waals surface area contributed by atoms with Gasteiger partial charge in [-0.2, -0.15) is 0 Å². The van der Waals surface area contributed by atoms with E-state index in [2.05, 4.69) is 23.9 Å². The minimum atomic E-state index is 0.0479. The van der Waals surface area contributed by atoms with Crippen molar-refractivity contribution in [1.82, 2.24) is 4.90 Å².